The van der Waals surface area contributed by atoms with Crippen molar-refractivity contribution >= 4 is 60.8 Å². The lowest BCUT2D eigenvalue weighted by Gasteiger charge is -2.36. The van der Waals surface area contributed by atoms with E-state index in [1.54, 1.807) is 38.5 Å². The molecule has 3 rings (SSSR count). The molecule has 1 spiro atoms. The fraction of sp³-hybridized carbons (Fsp3) is 0.552. The average Bonchev–Trinajstić information content (AvgIpc) is 3.50. The van der Waals surface area contributed by atoms with E-state index in [9.17, 15) is 28.5 Å². The SMILES string of the molecule is COCCOCCOCC(=O)O[C@@H]1/C=C(\C)CC[C@]2(CC(=O)N[C@@H](C)c3nc(cs3)/C=C\C=C\C1=O)S(=O)SC(=O)[C@]2(C)O. The Morgan fingerprint density at radius 2 is 1.86 bits per heavy atom. The van der Waals surface area contributed by atoms with Crippen molar-refractivity contribution in [1.29, 1.82) is 0 Å². The van der Waals surface area contributed by atoms with Crippen molar-refractivity contribution in [2.45, 2.75) is 62.5 Å². The molecule has 242 valence electrons. The zero-order valence-electron chi connectivity index (χ0n) is 25.1. The van der Waals surface area contributed by atoms with E-state index in [2.05, 4.69) is 10.3 Å². The van der Waals surface area contributed by atoms with E-state index >= 15 is 0 Å². The molecular formula is C29H38N2O10S3. The first kappa shape index (κ1) is 35.9. The van der Waals surface area contributed by atoms with Gasteiger partial charge in [-0.3, -0.25) is 14.4 Å². The van der Waals surface area contributed by atoms with Gasteiger partial charge in [-0.25, -0.2) is 14.0 Å². The fourth-order valence-corrected chi connectivity index (χ4v) is 9.16. The van der Waals surface area contributed by atoms with E-state index in [-0.39, 0.29) is 32.5 Å². The van der Waals surface area contributed by atoms with Crippen molar-refractivity contribution in [1.82, 2.24) is 10.3 Å². The number of methoxy groups -OCH3 is 1. The van der Waals surface area contributed by atoms with Gasteiger partial charge in [0.1, 0.15) is 22.0 Å². The van der Waals surface area contributed by atoms with Gasteiger partial charge in [-0.2, -0.15) is 0 Å². The second kappa shape index (κ2) is 16.7. The van der Waals surface area contributed by atoms with E-state index in [0.29, 0.717) is 40.3 Å². The number of carbonyl (C=O) groups excluding carboxylic acids is 4. The number of rotatable bonds is 9. The topological polar surface area (TPSA) is 167 Å². The fourth-order valence-electron chi connectivity index (χ4n) is 4.42. The third-order valence-electron chi connectivity index (χ3n) is 7.05. The summed E-state index contributed by atoms with van der Waals surface area (Å²) >= 11 is 1.32. The van der Waals surface area contributed by atoms with Gasteiger partial charge in [-0.15, -0.1) is 11.3 Å². The summed E-state index contributed by atoms with van der Waals surface area (Å²) < 4.78 is 32.6. The first-order valence-corrected chi connectivity index (χ1v) is 17.3. The first-order chi connectivity index (χ1) is 20.9. The van der Waals surface area contributed by atoms with Crippen LogP contribution in [-0.4, -0.2) is 93.7 Å². The van der Waals surface area contributed by atoms with E-state index < -0.39 is 61.7 Å². The third-order valence-corrected chi connectivity index (χ3v) is 12.0. The molecule has 44 heavy (non-hydrogen) atoms. The normalized spacial score (nSPS) is 31.1. The van der Waals surface area contributed by atoms with Gasteiger partial charge in [0.25, 0.3) is 0 Å². The molecule has 0 radical (unpaired) electrons. The van der Waals surface area contributed by atoms with Gasteiger partial charge in [-0.05, 0) is 51.8 Å². The Balaban J connectivity index is 1.86. The number of nitrogens with zero attached hydrogens (tertiary/aromatic N) is 1. The Labute approximate surface area is 266 Å². The Kier molecular flexibility index (Phi) is 13.6. The summed E-state index contributed by atoms with van der Waals surface area (Å²) in [4.78, 5) is 56.0. The van der Waals surface area contributed by atoms with E-state index in [1.807, 2.05) is 0 Å². The summed E-state index contributed by atoms with van der Waals surface area (Å²) in [5, 5.41) is 15.8. The van der Waals surface area contributed by atoms with Gasteiger partial charge >= 0.3 is 5.97 Å². The molecule has 1 amide bonds. The number of ketones is 1. The second-order valence-electron chi connectivity index (χ2n) is 10.5. The number of aliphatic hydroxyl groups is 1. The third kappa shape index (κ3) is 9.49. The molecule has 2 aliphatic heterocycles. The molecule has 2 bridgehead atoms. The largest absolute Gasteiger partial charge is 0.448 e. The number of aromatic nitrogens is 1. The minimum atomic E-state index is -2.06. The molecule has 15 heteroatoms. The van der Waals surface area contributed by atoms with Gasteiger partial charge in [-0.1, -0.05) is 17.7 Å². The van der Waals surface area contributed by atoms with Crippen molar-refractivity contribution in [2.24, 2.45) is 0 Å². The Morgan fingerprint density at radius 1 is 1.16 bits per heavy atom. The molecule has 2 aliphatic rings. The Hall–Kier alpha value is -2.53. The van der Waals surface area contributed by atoms with Gasteiger partial charge in [0, 0.05) is 29.7 Å². The molecule has 1 saturated heterocycles. The Morgan fingerprint density at radius 3 is 2.57 bits per heavy atom. The molecule has 1 aromatic heterocycles. The standard InChI is InChI=1S/C29H38N2O10S3/c1-19-9-10-29(28(3,36)27(35)43-44(29)37)16-24(33)30-20(2)26-31-21(18-42-26)7-5-6-8-22(32)23(15-19)41-25(34)17-40-14-13-39-12-11-38-4/h5-8,15,18,20,23,36H,9-14,16-17H2,1-4H3,(H,30,33)/b7-5-,8-6+,19-15+/t20-,23+,28-,29+,44?/m0/s1. The van der Waals surface area contributed by atoms with Crippen LogP contribution in [-0.2, 0) is 48.0 Å². The summed E-state index contributed by atoms with van der Waals surface area (Å²) in [5.41, 5.74) is -0.893. The van der Waals surface area contributed by atoms with Crippen molar-refractivity contribution in [3.8, 4) is 0 Å². The zero-order valence-corrected chi connectivity index (χ0v) is 27.5. The van der Waals surface area contributed by atoms with Gasteiger partial charge in [0.05, 0.1) is 48.0 Å². The van der Waals surface area contributed by atoms with Crippen molar-refractivity contribution in [3.05, 3.63) is 46.0 Å². The summed E-state index contributed by atoms with van der Waals surface area (Å²) in [5.74, 6) is -1.78. The van der Waals surface area contributed by atoms with Crippen LogP contribution >= 0.6 is 22.1 Å². The van der Waals surface area contributed by atoms with Crippen LogP contribution in [0.1, 0.15) is 56.8 Å². The van der Waals surface area contributed by atoms with Gasteiger partial charge < -0.3 is 29.4 Å². The molecule has 1 fully saturated rings. The van der Waals surface area contributed by atoms with Crippen LogP contribution in [0.15, 0.2) is 35.3 Å². The number of nitrogens with one attached hydrogen (secondary N) is 1. The number of fused-ring (bicyclic) bond motifs is 2. The van der Waals surface area contributed by atoms with Crippen LogP contribution in [0.5, 0.6) is 0 Å². The molecular weight excluding hydrogens is 633 g/mol. The number of esters is 1. The highest BCUT2D eigenvalue weighted by molar-refractivity contribution is 8.76. The lowest BCUT2D eigenvalue weighted by Crippen LogP contribution is -2.55. The predicted molar refractivity (Wildman–Crippen MR) is 167 cm³/mol. The van der Waals surface area contributed by atoms with Gasteiger partial charge in [0.2, 0.25) is 11.0 Å². The second-order valence-corrected chi connectivity index (χ2v) is 14.5. The molecule has 0 aliphatic carbocycles. The summed E-state index contributed by atoms with van der Waals surface area (Å²) in [6, 6.07) is -0.477. The average molecular weight is 671 g/mol. The molecule has 5 atom stereocenters. The van der Waals surface area contributed by atoms with Gasteiger partial charge in [0.15, 0.2) is 11.9 Å². The van der Waals surface area contributed by atoms with Crippen LogP contribution in [0.2, 0.25) is 0 Å². The van der Waals surface area contributed by atoms with Crippen LogP contribution in [0.25, 0.3) is 6.08 Å². The quantitative estimate of drug-likeness (QED) is 0.171. The highest BCUT2D eigenvalue weighted by Gasteiger charge is 2.63. The van der Waals surface area contributed by atoms with Crippen LogP contribution in [0.3, 0.4) is 0 Å². The number of ether oxygens (including phenoxy) is 4. The minimum absolute atomic E-state index is 0.0174. The van der Waals surface area contributed by atoms with E-state index in [0.717, 1.165) is 0 Å². The number of allylic oxidation sites excluding steroid dienone is 3. The molecule has 1 unspecified atom stereocenters. The molecule has 0 saturated carbocycles. The maximum atomic E-state index is 13.3. The van der Waals surface area contributed by atoms with E-state index in [4.69, 9.17) is 18.9 Å². The number of thiazole rings is 1. The maximum Gasteiger partial charge on any atom is 0.333 e. The number of hydrogen-bond acceptors (Lipinski definition) is 13. The molecule has 1 aromatic rings. The number of amides is 1. The smallest absolute Gasteiger partial charge is 0.333 e. The maximum absolute atomic E-state index is 13.3. The Bertz CT molecular complexity index is 1320. The molecule has 3 heterocycles. The lowest BCUT2D eigenvalue weighted by molar-refractivity contribution is -0.156. The minimum Gasteiger partial charge on any atom is -0.448 e. The summed E-state index contributed by atoms with van der Waals surface area (Å²) in [6.07, 6.45) is 5.99. The molecule has 12 nitrogen and oxygen atoms in total. The van der Waals surface area contributed by atoms with E-state index in [1.165, 1.54) is 36.5 Å². The molecule has 2 N–H and O–H groups in total. The number of carbonyl (C=O) groups is 4. The van der Waals surface area contributed by atoms with Crippen LogP contribution in [0.4, 0.5) is 0 Å². The van der Waals surface area contributed by atoms with Crippen LogP contribution in [0, 0.1) is 0 Å². The highest BCUT2D eigenvalue weighted by Crippen LogP contribution is 2.50. The van der Waals surface area contributed by atoms with Crippen molar-refractivity contribution in [2.75, 3.05) is 40.1 Å². The number of hydrogen-bond donors (Lipinski definition) is 2. The zero-order chi connectivity index (χ0) is 32.3. The lowest BCUT2D eigenvalue weighted by atomic mass is 9.81. The predicted octanol–water partition coefficient (Wildman–Crippen LogP) is 2.61. The molecule has 0 aromatic carbocycles. The summed E-state index contributed by atoms with van der Waals surface area (Å²) in [6.45, 7) is 5.51. The summed E-state index contributed by atoms with van der Waals surface area (Å²) in [7, 11) is 0.130. The van der Waals surface area contributed by atoms with Crippen molar-refractivity contribution in [3.63, 3.8) is 0 Å². The monoisotopic (exact) mass is 670 g/mol. The highest BCUT2D eigenvalue weighted by atomic mass is 33.1. The van der Waals surface area contributed by atoms with Crippen LogP contribution < -0.4 is 5.32 Å². The van der Waals surface area contributed by atoms with Crippen molar-refractivity contribution < 1.29 is 47.4 Å². The first-order valence-electron chi connectivity index (χ1n) is 13.9.